The van der Waals surface area contributed by atoms with Crippen molar-refractivity contribution in [3.8, 4) is 0 Å². The van der Waals surface area contributed by atoms with E-state index in [0.717, 1.165) is 34.5 Å². The van der Waals surface area contributed by atoms with Gasteiger partial charge < -0.3 is 9.40 Å². The summed E-state index contributed by atoms with van der Waals surface area (Å²) in [6.07, 6.45) is 2.49. The first kappa shape index (κ1) is 21.8. The van der Waals surface area contributed by atoms with Gasteiger partial charge in [0.05, 0.1) is 19.4 Å². The summed E-state index contributed by atoms with van der Waals surface area (Å²) in [4.78, 5) is 18.0. The minimum Gasteiger partial charge on any atom is -0.468 e. The fraction of sp³-hybridized carbons (Fsp3) is 0.231. The minimum atomic E-state index is -0.0931. The van der Waals surface area contributed by atoms with Crippen LogP contribution < -0.4 is 5.56 Å². The van der Waals surface area contributed by atoms with E-state index >= 15 is 0 Å². The highest BCUT2D eigenvalue weighted by Gasteiger charge is 2.17. The highest BCUT2D eigenvalue weighted by Crippen LogP contribution is 2.17. The molecule has 0 atom stereocenters. The Hall–Kier alpha value is -4.04. The monoisotopic (exact) mass is 454 g/mol. The van der Waals surface area contributed by atoms with Gasteiger partial charge in [-0.2, -0.15) is 0 Å². The van der Waals surface area contributed by atoms with Crippen LogP contribution in [0.4, 0.5) is 0 Å². The molecule has 0 spiro atoms. The molecule has 2 aromatic carbocycles. The molecule has 8 heteroatoms. The summed E-state index contributed by atoms with van der Waals surface area (Å²) in [5.74, 6) is 1.56. The maximum Gasteiger partial charge on any atom is 0.252 e. The Kier molecular flexibility index (Phi) is 6.31. The van der Waals surface area contributed by atoms with Gasteiger partial charge in [-0.15, -0.1) is 5.10 Å². The third-order valence-corrected chi connectivity index (χ3v) is 5.86. The molecule has 34 heavy (non-hydrogen) atoms. The number of nitrogens with one attached hydrogen (secondary N) is 1. The van der Waals surface area contributed by atoms with Crippen molar-refractivity contribution in [2.45, 2.75) is 39.5 Å². The van der Waals surface area contributed by atoms with E-state index < -0.39 is 0 Å². The summed E-state index contributed by atoms with van der Waals surface area (Å²) in [6, 6.07) is 22.0. The molecule has 5 rings (SSSR count). The number of fused-ring (bicyclic) bond motifs is 1. The minimum absolute atomic E-state index is 0.0931. The van der Waals surface area contributed by atoms with Crippen molar-refractivity contribution in [2.75, 3.05) is 0 Å². The number of tetrazole rings is 1. The van der Waals surface area contributed by atoms with Crippen molar-refractivity contribution < 1.29 is 4.42 Å². The number of pyridine rings is 1. The second kappa shape index (κ2) is 9.84. The Bertz CT molecular complexity index is 1420. The Morgan fingerprint density at radius 2 is 1.88 bits per heavy atom. The molecule has 0 fully saturated rings. The van der Waals surface area contributed by atoms with Gasteiger partial charge in [0.1, 0.15) is 5.76 Å². The van der Waals surface area contributed by atoms with Gasteiger partial charge in [-0.1, -0.05) is 42.0 Å². The summed E-state index contributed by atoms with van der Waals surface area (Å²) in [6.45, 7) is 4.17. The standard InChI is InChI=1S/C26H26N6O2/c1-19-9-10-24-21(14-19)15-22(26(33)27-24)16-31(17-23-8-5-13-34-23)18-25-28-29-30-32(25)12-11-20-6-3-2-4-7-20/h2-10,13-15H,11-12,16-18H2,1H3,(H,27,33). The molecular weight excluding hydrogens is 428 g/mol. The van der Waals surface area contributed by atoms with Crippen LogP contribution in [-0.2, 0) is 32.6 Å². The lowest BCUT2D eigenvalue weighted by atomic mass is 10.1. The first-order valence-electron chi connectivity index (χ1n) is 11.3. The van der Waals surface area contributed by atoms with Gasteiger partial charge in [0, 0.05) is 24.2 Å². The molecule has 3 heterocycles. The maximum absolute atomic E-state index is 12.8. The quantitative estimate of drug-likeness (QED) is 0.364. The number of rotatable bonds is 9. The lowest BCUT2D eigenvalue weighted by Crippen LogP contribution is -2.28. The van der Waals surface area contributed by atoms with Crippen LogP contribution in [0.2, 0.25) is 0 Å². The van der Waals surface area contributed by atoms with Crippen molar-refractivity contribution in [1.82, 2.24) is 30.1 Å². The number of hydrogen-bond acceptors (Lipinski definition) is 6. The average Bonchev–Trinajstić information content (AvgIpc) is 3.51. The zero-order valence-electron chi connectivity index (χ0n) is 19.0. The zero-order valence-corrected chi connectivity index (χ0v) is 19.0. The topological polar surface area (TPSA) is 92.8 Å². The Balaban J connectivity index is 1.38. The van der Waals surface area contributed by atoms with Crippen LogP contribution in [-0.4, -0.2) is 30.1 Å². The fourth-order valence-corrected chi connectivity index (χ4v) is 4.11. The van der Waals surface area contributed by atoms with Crippen LogP contribution in [0.3, 0.4) is 0 Å². The van der Waals surface area contributed by atoms with Crippen molar-refractivity contribution in [3.05, 3.63) is 112 Å². The predicted octanol–water partition coefficient (Wildman–Crippen LogP) is 3.86. The second-order valence-corrected chi connectivity index (χ2v) is 8.49. The largest absolute Gasteiger partial charge is 0.468 e. The van der Waals surface area contributed by atoms with Gasteiger partial charge in [-0.3, -0.25) is 9.69 Å². The van der Waals surface area contributed by atoms with Gasteiger partial charge in [0.15, 0.2) is 5.82 Å². The van der Waals surface area contributed by atoms with Crippen molar-refractivity contribution in [3.63, 3.8) is 0 Å². The number of benzene rings is 2. The first-order chi connectivity index (χ1) is 16.6. The van der Waals surface area contributed by atoms with E-state index in [9.17, 15) is 4.79 Å². The molecule has 0 unspecified atom stereocenters. The molecule has 0 aliphatic carbocycles. The zero-order chi connectivity index (χ0) is 23.3. The molecule has 0 saturated carbocycles. The van der Waals surface area contributed by atoms with E-state index in [2.05, 4.69) is 43.6 Å². The first-order valence-corrected chi connectivity index (χ1v) is 11.3. The molecule has 1 N–H and O–H groups in total. The van der Waals surface area contributed by atoms with Gasteiger partial charge in [0.25, 0.3) is 5.56 Å². The third kappa shape index (κ3) is 5.13. The van der Waals surface area contributed by atoms with Crippen LogP contribution >= 0.6 is 0 Å². The Morgan fingerprint density at radius 3 is 2.71 bits per heavy atom. The van der Waals surface area contributed by atoms with Gasteiger partial charge in [-0.25, -0.2) is 4.68 Å². The lowest BCUT2D eigenvalue weighted by molar-refractivity contribution is 0.216. The van der Waals surface area contributed by atoms with E-state index in [1.165, 1.54) is 5.56 Å². The summed E-state index contributed by atoms with van der Waals surface area (Å²) >= 11 is 0. The smallest absolute Gasteiger partial charge is 0.252 e. The Labute approximate surface area is 196 Å². The SMILES string of the molecule is Cc1ccc2[nH]c(=O)c(CN(Cc3ccco3)Cc3nnnn3CCc3ccccc3)cc2c1. The molecule has 5 aromatic rings. The normalized spacial score (nSPS) is 11.5. The van der Waals surface area contributed by atoms with Gasteiger partial charge in [0.2, 0.25) is 0 Å². The van der Waals surface area contributed by atoms with E-state index in [1.807, 2.05) is 60.1 Å². The van der Waals surface area contributed by atoms with Crippen LogP contribution in [0, 0.1) is 6.92 Å². The van der Waals surface area contributed by atoms with Crippen LogP contribution in [0.1, 0.15) is 28.3 Å². The van der Waals surface area contributed by atoms with Crippen molar-refractivity contribution in [2.24, 2.45) is 0 Å². The average molecular weight is 455 g/mol. The van der Waals surface area contributed by atoms with Crippen LogP contribution in [0.5, 0.6) is 0 Å². The number of H-pyrrole nitrogens is 1. The van der Waals surface area contributed by atoms with Crippen LogP contribution in [0.15, 0.2) is 82.2 Å². The van der Waals surface area contributed by atoms with Crippen molar-refractivity contribution >= 4 is 10.9 Å². The van der Waals surface area contributed by atoms with E-state index in [1.54, 1.807) is 6.26 Å². The summed E-state index contributed by atoms with van der Waals surface area (Å²) < 4.78 is 7.42. The van der Waals surface area contributed by atoms with E-state index in [-0.39, 0.29) is 5.56 Å². The number of hydrogen-bond donors (Lipinski definition) is 1. The number of nitrogens with zero attached hydrogens (tertiary/aromatic N) is 5. The molecular formula is C26H26N6O2. The molecule has 0 bridgehead atoms. The third-order valence-electron chi connectivity index (χ3n) is 5.86. The summed E-state index contributed by atoms with van der Waals surface area (Å²) in [7, 11) is 0. The number of aromatic nitrogens is 5. The molecule has 0 aliphatic heterocycles. The van der Waals surface area contributed by atoms with Crippen molar-refractivity contribution in [1.29, 1.82) is 0 Å². The fourth-order valence-electron chi connectivity index (χ4n) is 4.11. The van der Waals surface area contributed by atoms with Gasteiger partial charge >= 0.3 is 0 Å². The molecule has 8 nitrogen and oxygen atoms in total. The molecule has 0 saturated heterocycles. The summed E-state index contributed by atoms with van der Waals surface area (Å²) in [5.41, 5.74) is 3.81. The highest BCUT2D eigenvalue weighted by atomic mass is 16.3. The summed E-state index contributed by atoms with van der Waals surface area (Å²) in [5, 5.41) is 13.4. The van der Waals surface area contributed by atoms with E-state index in [0.29, 0.717) is 31.7 Å². The molecule has 3 aromatic heterocycles. The molecule has 0 aliphatic rings. The molecule has 0 radical (unpaired) electrons. The Morgan fingerprint density at radius 1 is 1.00 bits per heavy atom. The number of furan rings is 1. The molecule has 172 valence electrons. The number of aromatic amines is 1. The van der Waals surface area contributed by atoms with Gasteiger partial charge in [-0.05, 0) is 65.1 Å². The van der Waals surface area contributed by atoms with E-state index in [4.69, 9.17) is 4.42 Å². The number of aryl methyl sites for hydroxylation is 3. The maximum atomic E-state index is 12.8. The predicted molar refractivity (Wildman–Crippen MR) is 129 cm³/mol. The van der Waals surface area contributed by atoms with Crippen LogP contribution in [0.25, 0.3) is 10.9 Å². The molecule has 0 amide bonds. The highest BCUT2D eigenvalue weighted by molar-refractivity contribution is 5.79. The second-order valence-electron chi connectivity index (χ2n) is 8.49. The lowest BCUT2D eigenvalue weighted by Gasteiger charge is -2.20.